The Kier molecular flexibility index (Phi) is 6.10. The van der Waals surface area contributed by atoms with Crippen molar-refractivity contribution in [2.24, 2.45) is 11.8 Å². The molecule has 0 aromatic carbocycles. The molecule has 0 bridgehead atoms. The number of rotatable bonds is 6. The molecule has 1 N–H and O–H groups in total. The standard InChI is InChI=1S/C17H24N4OS/c1-12(2)9-21(10-13(3)4)17(22)20-16-19-15(11-23-16)14-6-5-7-18-8-14/h5-8,11-13H,9-10H2,1-4H3,(H,19,20,22). The van der Waals surface area contributed by atoms with E-state index in [2.05, 4.69) is 43.0 Å². The zero-order chi connectivity index (χ0) is 16.8. The van der Waals surface area contributed by atoms with Crippen molar-refractivity contribution >= 4 is 22.5 Å². The molecule has 0 aliphatic rings. The first-order valence-corrected chi connectivity index (χ1v) is 8.75. The maximum atomic E-state index is 12.5. The second-order valence-corrected chi connectivity index (χ2v) is 7.26. The van der Waals surface area contributed by atoms with Crippen molar-refractivity contribution in [3.63, 3.8) is 0 Å². The second kappa shape index (κ2) is 8.06. The molecule has 0 atom stereocenters. The van der Waals surface area contributed by atoms with Crippen LogP contribution in [0.3, 0.4) is 0 Å². The molecule has 0 saturated heterocycles. The molecular formula is C17H24N4OS. The van der Waals surface area contributed by atoms with Crippen LogP contribution < -0.4 is 5.32 Å². The first kappa shape index (κ1) is 17.4. The van der Waals surface area contributed by atoms with Crippen molar-refractivity contribution in [1.29, 1.82) is 0 Å². The number of pyridine rings is 1. The van der Waals surface area contributed by atoms with Crippen LogP contribution in [-0.2, 0) is 0 Å². The molecule has 2 rings (SSSR count). The summed E-state index contributed by atoms with van der Waals surface area (Å²) in [5, 5.41) is 5.47. The third kappa shape index (κ3) is 5.32. The third-order valence-electron chi connectivity index (χ3n) is 3.13. The molecular weight excluding hydrogens is 308 g/mol. The van der Waals surface area contributed by atoms with Crippen LogP contribution in [-0.4, -0.2) is 34.0 Å². The largest absolute Gasteiger partial charge is 0.324 e. The van der Waals surface area contributed by atoms with Crippen LogP contribution in [0.1, 0.15) is 27.7 Å². The number of aromatic nitrogens is 2. The minimum absolute atomic E-state index is 0.0838. The number of urea groups is 1. The summed E-state index contributed by atoms with van der Waals surface area (Å²) < 4.78 is 0. The van der Waals surface area contributed by atoms with E-state index in [4.69, 9.17) is 0 Å². The van der Waals surface area contributed by atoms with Crippen LogP contribution >= 0.6 is 11.3 Å². The van der Waals surface area contributed by atoms with Crippen LogP contribution in [0.2, 0.25) is 0 Å². The molecule has 2 aromatic heterocycles. The SMILES string of the molecule is CC(C)CN(CC(C)C)C(=O)Nc1nc(-c2cccnc2)cs1. The summed E-state index contributed by atoms with van der Waals surface area (Å²) >= 11 is 1.43. The number of amides is 2. The minimum atomic E-state index is -0.0838. The Morgan fingerprint density at radius 3 is 2.52 bits per heavy atom. The summed E-state index contributed by atoms with van der Waals surface area (Å²) in [7, 11) is 0. The van der Waals surface area contributed by atoms with E-state index in [-0.39, 0.29) is 6.03 Å². The van der Waals surface area contributed by atoms with Crippen molar-refractivity contribution in [2.75, 3.05) is 18.4 Å². The fraction of sp³-hybridized carbons (Fsp3) is 0.471. The summed E-state index contributed by atoms with van der Waals surface area (Å²) in [5.41, 5.74) is 1.78. The highest BCUT2D eigenvalue weighted by molar-refractivity contribution is 7.14. The van der Waals surface area contributed by atoms with Gasteiger partial charge in [-0.15, -0.1) is 11.3 Å². The molecule has 124 valence electrons. The van der Waals surface area contributed by atoms with E-state index >= 15 is 0 Å². The van der Waals surface area contributed by atoms with Gasteiger partial charge in [-0.1, -0.05) is 27.7 Å². The summed E-state index contributed by atoms with van der Waals surface area (Å²) in [4.78, 5) is 22.9. The lowest BCUT2D eigenvalue weighted by atomic mass is 10.1. The van der Waals surface area contributed by atoms with Gasteiger partial charge in [-0.2, -0.15) is 0 Å². The molecule has 0 aliphatic carbocycles. The molecule has 2 heterocycles. The lowest BCUT2D eigenvalue weighted by Crippen LogP contribution is -2.39. The van der Waals surface area contributed by atoms with Crippen LogP contribution in [0.15, 0.2) is 29.9 Å². The van der Waals surface area contributed by atoms with Crippen LogP contribution in [0.25, 0.3) is 11.3 Å². The second-order valence-electron chi connectivity index (χ2n) is 6.40. The third-order valence-corrected chi connectivity index (χ3v) is 3.89. The van der Waals surface area contributed by atoms with Gasteiger partial charge in [0.1, 0.15) is 0 Å². The van der Waals surface area contributed by atoms with Crippen LogP contribution in [0.4, 0.5) is 9.93 Å². The van der Waals surface area contributed by atoms with Gasteiger partial charge in [0, 0.05) is 36.4 Å². The minimum Gasteiger partial charge on any atom is -0.324 e. The molecule has 23 heavy (non-hydrogen) atoms. The number of anilines is 1. The smallest absolute Gasteiger partial charge is 0.323 e. The van der Waals surface area contributed by atoms with Crippen molar-refractivity contribution in [3.05, 3.63) is 29.9 Å². The first-order valence-electron chi connectivity index (χ1n) is 7.87. The van der Waals surface area contributed by atoms with Gasteiger partial charge in [-0.05, 0) is 24.0 Å². The highest BCUT2D eigenvalue weighted by atomic mass is 32.1. The van der Waals surface area contributed by atoms with E-state index in [1.54, 1.807) is 12.4 Å². The normalized spacial score (nSPS) is 11.0. The maximum absolute atomic E-state index is 12.5. The average Bonchev–Trinajstić information content (AvgIpc) is 2.95. The van der Waals surface area contributed by atoms with E-state index in [9.17, 15) is 4.79 Å². The number of nitrogens with one attached hydrogen (secondary N) is 1. The predicted octanol–water partition coefficient (Wildman–Crippen LogP) is 4.35. The number of thiazole rings is 1. The Bertz CT molecular complexity index is 615. The van der Waals surface area contributed by atoms with Crippen molar-refractivity contribution in [2.45, 2.75) is 27.7 Å². The first-order chi connectivity index (χ1) is 11.0. The molecule has 6 heteroatoms. The Labute approximate surface area is 141 Å². The van der Waals surface area contributed by atoms with Crippen LogP contribution in [0.5, 0.6) is 0 Å². The monoisotopic (exact) mass is 332 g/mol. The van der Waals surface area contributed by atoms with E-state index in [1.165, 1.54) is 11.3 Å². The molecule has 5 nitrogen and oxygen atoms in total. The van der Waals surface area contributed by atoms with Crippen molar-refractivity contribution < 1.29 is 4.79 Å². The molecule has 0 spiro atoms. The highest BCUT2D eigenvalue weighted by Gasteiger charge is 2.17. The molecule has 0 radical (unpaired) electrons. The number of hydrogen-bond donors (Lipinski definition) is 1. The van der Waals surface area contributed by atoms with Gasteiger partial charge in [0.25, 0.3) is 0 Å². The fourth-order valence-electron chi connectivity index (χ4n) is 2.27. The highest BCUT2D eigenvalue weighted by Crippen LogP contribution is 2.24. The zero-order valence-electron chi connectivity index (χ0n) is 14.1. The molecule has 0 unspecified atom stereocenters. The van der Waals surface area contributed by atoms with Gasteiger partial charge >= 0.3 is 6.03 Å². The summed E-state index contributed by atoms with van der Waals surface area (Å²) in [6.45, 7) is 9.94. The van der Waals surface area contributed by atoms with E-state index in [1.807, 2.05) is 22.4 Å². The molecule has 0 saturated carbocycles. The summed E-state index contributed by atoms with van der Waals surface area (Å²) in [6.07, 6.45) is 3.50. The van der Waals surface area contributed by atoms with Gasteiger partial charge in [0.2, 0.25) is 0 Å². The number of carbonyl (C=O) groups excluding carboxylic acids is 1. The van der Waals surface area contributed by atoms with E-state index < -0.39 is 0 Å². The Hall–Kier alpha value is -1.95. The van der Waals surface area contributed by atoms with Gasteiger partial charge in [0.15, 0.2) is 5.13 Å². The summed E-state index contributed by atoms with van der Waals surface area (Å²) in [5.74, 6) is 0.864. The Morgan fingerprint density at radius 2 is 1.96 bits per heavy atom. The number of hydrogen-bond acceptors (Lipinski definition) is 4. The van der Waals surface area contributed by atoms with E-state index in [0.717, 1.165) is 24.3 Å². The Morgan fingerprint density at radius 1 is 1.26 bits per heavy atom. The van der Waals surface area contributed by atoms with Crippen molar-refractivity contribution in [1.82, 2.24) is 14.9 Å². The van der Waals surface area contributed by atoms with Gasteiger partial charge in [0.05, 0.1) is 5.69 Å². The number of carbonyl (C=O) groups is 1. The maximum Gasteiger partial charge on any atom is 0.323 e. The molecule has 0 fully saturated rings. The van der Waals surface area contributed by atoms with Gasteiger partial charge in [-0.25, -0.2) is 9.78 Å². The zero-order valence-corrected chi connectivity index (χ0v) is 14.9. The molecule has 2 amide bonds. The molecule has 2 aromatic rings. The summed E-state index contributed by atoms with van der Waals surface area (Å²) in [6, 6.07) is 3.75. The Balaban J connectivity index is 2.05. The quantitative estimate of drug-likeness (QED) is 0.855. The topological polar surface area (TPSA) is 58.1 Å². The van der Waals surface area contributed by atoms with E-state index in [0.29, 0.717) is 17.0 Å². The molecule has 0 aliphatic heterocycles. The predicted molar refractivity (Wildman–Crippen MR) is 95.6 cm³/mol. The lowest BCUT2D eigenvalue weighted by molar-refractivity contribution is 0.196. The average molecular weight is 332 g/mol. The van der Waals surface area contributed by atoms with Crippen LogP contribution in [0, 0.1) is 11.8 Å². The lowest BCUT2D eigenvalue weighted by Gasteiger charge is -2.26. The van der Waals surface area contributed by atoms with Crippen molar-refractivity contribution in [3.8, 4) is 11.3 Å². The van der Waals surface area contributed by atoms with Gasteiger partial charge < -0.3 is 4.90 Å². The fourth-order valence-corrected chi connectivity index (χ4v) is 2.98. The van der Waals surface area contributed by atoms with Gasteiger partial charge in [-0.3, -0.25) is 10.3 Å². The number of nitrogens with zero attached hydrogens (tertiary/aromatic N) is 3.